The van der Waals surface area contributed by atoms with Crippen LogP contribution in [0.4, 0.5) is 29.1 Å². The van der Waals surface area contributed by atoms with E-state index in [4.69, 9.17) is 15.2 Å². The standard InChI is InChI=1S/C20H16N6O2/c21-20-25-17(23-13-5-6-15-16(9-13)28-11-27-15)10-18(26-20)24-19-14-4-2-1-3-12(14)7-8-22-19/h1-10H,11H2,(H4,21,22,23,24,25,26). The first-order valence-electron chi connectivity index (χ1n) is 8.67. The lowest BCUT2D eigenvalue weighted by atomic mass is 10.1. The van der Waals surface area contributed by atoms with Crippen LogP contribution >= 0.6 is 0 Å². The molecule has 8 heteroatoms. The smallest absolute Gasteiger partial charge is 0.231 e. The molecule has 138 valence electrons. The first-order valence-corrected chi connectivity index (χ1v) is 8.67. The predicted octanol–water partition coefficient (Wildman–Crippen LogP) is 3.82. The maximum atomic E-state index is 5.90. The van der Waals surface area contributed by atoms with Crippen LogP contribution in [0.15, 0.2) is 60.8 Å². The molecule has 0 aliphatic carbocycles. The molecule has 4 N–H and O–H groups in total. The Labute approximate surface area is 160 Å². The highest BCUT2D eigenvalue weighted by molar-refractivity contribution is 5.93. The Morgan fingerprint density at radius 1 is 0.857 bits per heavy atom. The van der Waals surface area contributed by atoms with Crippen molar-refractivity contribution in [2.75, 3.05) is 23.2 Å². The van der Waals surface area contributed by atoms with Crippen molar-refractivity contribution in [2.45, 2.75) is 0 Å². The van der Waals surface area contributed by atoms with Crippen LogP contribution < -0.4 is 25.8 Å². The van der Waals surface area contributed by atoms with Gasteiger partial charge in [-0.1, -0.05) is 24.3 Å². The fraction of sp³-hybridized carbons (Fsp3) is 0.0500. The molecule has 0 amide bonds. The Morgan fingerprint density at radius 2 is 1.68 bits per heavy atom. The molecule has 8 nitrogen and oxygen atoms in total. The summed E-state index contributed by atoms with van der Waals surface area (Å²) in [4.78, 5) is 12.9. The predicted molar refractivity (Wildman–Crippen MR) is 107 cm³/mol. The van der Waals surface area contributed by atoms with Crippen molar-refractivity contribution < 1.29 is 9.47 Å². The van der Waals surface area contributed by atoms with Gasteiger partial charge in [0.15, 0.2) is 11.5 Å². The summed E-state index contributed by atoms with van der Waals surface area (Å²) < 4.78 is 10.7. The van der Waals surface area contributed by atoms with Crippen LogP contribution in [0.25, 0.3) is 10.8 Å². The average molecular weight is 372 g/mol. The molecule has 0 saturated heterocycles. The Hall–Kier alpha value is -4.07. The molecule has 5 rings (SSSR count). The van der Waals surface area contributed by atoms with E-state index < -0.39 is 0 Å². The van der Waals surface area contributed by atoms with Crippen LogP contribution in [-0.4, -0.2) is 21.7 Å². The van der Waals surface area contributed by atoms with Crippen molar-refractivity contribution >= 4 is 39.9 Å². The topological polar surface area (TPSA) is 107 Å². The van der Waals surface area contributed by atoms with Gasteiger partial charge in [-0.2, -0.15) is 9.97 Å². The Morgan fingerprint density at radius 3 is 2.61 bits per heavy atom. The van der Waals surface area contributed by atoms with E-state index in [1.54, 1.807) is 12.3 Å². The molecule has 0 atom stereocenters. The van der Waals surface area contributed by atoms with Gasteiger partial charge in [-0.05, 0) is 23.6 Å². The third-order valence-corrected chi connectivity index (χ3v) is 4.31. The van der Waals surface area contributed by atoms with Crippen LogP contribution in [0.1, 0.15) is 0 Å². The number of pyridine rings is 1. The summed E-state index contributed by atoms with van der Waals surface area (Å²) >= 11 is 0. The third-order valence-electron chi connectivity index (χ3n) is 4.31. The number of nitrogen functional groups attached to an aromatic ring is 1. The van der Waals surface area contributed by atoms with Crippen molar-refractivity contribution in [1.29, 1.82) is 0 Å². The molecule has 0 unspecified atom stereocenters. The fourth-order valence-electron chi connectivity index (χ4n) is 3.06. The second-order valence-electron chi connectivity index (χ2n) is 6.20. The average Bonchev–Trinajstić information content (AvgIpc) is 3.16. The number of hydrogen-bond donors (Lipinski definition) is 3. The zero-order valence-corrected chi connectivity index (χ0v) is 14.7. The number of benzene rings is 2. The quantitative estimate of drug-likeness (QED) is 0.496. The van der Waals surface area contributed by atoms with Gasteiger partial charge >= 0.3 is 0 Å². The highest BCUT2D eigenvalue weighted by Gasteiger charge is 2.14. The van der Waals surface area contributed by atoms with E-state index in [-0.39, 0.29) is 12.7 Å². The Kier molecular flexibility index (Phi) is 3.79. The van der Waals surface area contributed by atoms with Gasteiger partial charge in [-0.15, -0.1) is 0 Å². The summed E-state index contributed by atoms with van der Waals surface area (Å²) in [5, 5.41) is 8.52. The van der Waals surface area contributed by atoms with Gasteiger partial charge in [0.1, 0.15) is 17.5 Å². The van der Waals surface area contributed by atoms with Gasteiger partial charge in [0, 0.05) is 29.4 Å². The van der Waals surface area contributed by atoms with Crippen molar-refractivity contribution in [3.8, 4) is 11.5 Å². The molecular formula is C20H16N6O2. The molecule has 2 aromatic carbocycles. The summed E-state index contributed by atoms with van der Waals surface area (Å²) in [7, 11) is 0. The van der Waals surface area contributed by atoms with E-state index in [1.165, 1.54) is 0 Å². The van der Waals surface area contributed by atoms with Crippen LogP contribution in [0.5, 0.6) is 11.5 Å². The number of ether oxygens (including phenoxy) is 2. The number of nitrogens with zero attached hydrogens (tertiary/aromatic N) is 3. The van der Waals surface area contributed by atoms with Crippen LogP contribution in [0.3, 0.4) is 0 Å². The number of fused-ring (bicyclic) bond motifs is 2. The molecule has 3 heterocycles. The summed E-state index contributed by atoms with van der Waals surface area (Å²) in [6.07, 6.45) is 1.75. The van der Waals surface area contributed by atoms with E-state index in [1.807, 2.05) is 48.5 Å². The summed E-state index contributed by atoms with van der Waals surface area (Å²) in [6.45, 7) is 0.228. The lowest BCUT2D eigenvalue weighted by Gasteiger charge is -2.11. The van der Waals surface area contributed by atoms with Crippen molar-refractivity contribution in [3.05, 3.63) is 60.8 Å². The number of nitrogens with one attached hydrogen (secondary N) is 2. The molecule has 28 heavy (non-hydrogen) atoms. The van der Waals surface area contributed by atoms with Gasteiger partial charge in [0.05, 0.1) is 0 Å². The minimum absolute atomic E-state index is 0.147. The summed E-state index contributed by atoms with van der Waals surface area (Å²) in [5.74, 6) is 3.34. The molecule has 4 aromatic rings. The lowest BCUT2D eigenvalue weighted by Crippen LogP contribution is -2.04. The van der Waals surface area contributed by atoms with E-state index >= 15 is 0 Å². The monoisotopic (exact) mass is 372 g/mol. The number of rotatable bonds is 4. The first kappa shape index (κ1) is 16.1. The number of anilines is 5. The van der Waals surface area contributed by atoms with Gasteiger partial charge < -0.3 is 25.8 Å². The highest BCUT2D eigenvalue weighted by Crippen LogP contribution is 2.35. The Bertz CT molecular complexity index is 1180. The fourth-order valence-corrected chi connectivity index (χ4v) is 3.06. The minimum Gasteiger partial charge on any atom is -0.454 e. The first-order chi connectivity index (χ1) is 13.7. The minimum atomic E-state index is 0.147. The number of aromatic nitrogens is 3. The maximum absolute atomic E-state index is 5.90. The SMILES string of the molecule is Nc1nc(Nc2ccc3c(c2)OCO3)cc(Nc2nccc3ccccc23)n1. The van der Waals surface area contributed by atoms with Crippen LogP contribution in [0.2, 0.25) is 0 Å². The molecule has 0 saturated carbocycles. The summed E-state index contributed by atoms with van der Waals surface area (Å²) in [6, 6.07) is 17.3. The molecule has 0 bridgehead atoms. The second-order valence-corrected chi connectivity index (χ2v) is 6.20. The summed E-state index contributed by atoms with van der Waals surface area (Å²) in [5.41, 5.74) is 6.70. The Balaban J connectivity index is 1.44. The van der Waals surface area contributed by atoms with E-state index in [0.29, 0.717) is 23.2 Å². The zero-order chi connectivity index (χ0) is 18.9. The molecular weight excluding hydrogens is 356 g/mol. The van der Waals surface area contributed by atoms with Gasteiger partial charge in [-0.25, -0.2) is 4.98 Å². The maximum Gasteiger partial charge on any atom is 0.231 e. The van der Waals surface area contributed by atoms with E-state index in [9.17, 15) is 0 Å². The molecule has 1 aliphatic heterocycles. The molecule has 0 radical (unpaired) electrons. The van der Waals surface area contributed by atoms with Gasteiger partial charge in [-0.3, -0.25) is 0 Å². The zero-order valence-electron chi connectivity index (χ0n) is 14.7. The number of hydrogen-bond acceptors (Lipinski definition) is 8. The van der Waals surface area contributed by atoms with E-state index in [2.05, 4.69) is 25.6 Å². The normalized spacial score (nSPS) is 12.1. The van der Waals surface area contributed by atoms with Gasteiger partial charge in [0.25, 0.3) is 0 Å². The second kappa shape index (κ2) is 6.58. The molecule has 0 spiro atoms. The number of nitrogens with two attached hydrogens (primary N) is 1. The molecule has 1 aliphatic rings. The largest absolute Gasteiger partial charge is 0.454 e. The van der Waals surface area contributed by atoms with Crippen LogP contribution in [0, 0.1) is 0 Å². The van der Waals surface area contributed by atoms with Crippen molar-refractivity contribution in [2.24, 2.45) is 0 Å². The highest BCUT2D eigenvalue weighted by atomic mass is 16.7. The molecule has 2 aromatic heterocycles. The van der Waals surface area contributed by atoms with Gasteiger partial charge in [0.2, 0.25) is 12.7 Å². The molecule has 0 fully saturated rings. The van der Waals surface area contributed by atoms with E-state index in [0.717, 1.165) is 22.2 Å². The van der Waals surface area contributed by atoms with Crippen molar-refractivity contribution in [1.82, 2.24) is 15.0 Å². The lowest BCUT2D eigenvalue weighted by molar-refractivity contribution is 0.174. The third kappa shape index (κ3) is 3.07. The van der Waals surface area contributed by atoms with Crippen LogP contribution in [-0.2, 0) is 0 Å². The van der Waals surface area contributed by atoms with Crippen molar-refractivity contribution in [3.63, 3.8) is 0 Å².